The van der Waals surface area contributed by atoms with Crippen LogP contribution in [-0.2, 0) is 11.3 Å². The quantitative estimate of drug-likeness (QED) is 0.839. The Bertz CT molecular complexity index is 562. The number of ether oxygens (including phenoxy) is 1. The second-order valence-electron chi connectivity index (χ2n) is 5.78. The van der Waals surface area contributed by atoms with E-state index in [4.69, 9.17) is 14.9 Å². The number of oxazole rings is 1. The summed E-state index contributed by atoms with van der Waals surface area (Å²) in [7, 11) is 0. The molecule has 0 aliphatic carbocycles. The molecule has 3 heterocycles. The van der Waals surface area contributed by atoms with Crippen LogP contribution in [-0.4, -0.2) is 41.1 Å². The molecule has 6 nitrogen and oxygen atoms in total. The number of carbonyl (C=O) groups is 1. The maximum Gasteiger partial charge on any atom is 0.275 e. The van der Waals surface area contributed by atoms with Gasteiger partial charge in [0.05, 0.1) is 18.8 Å². The van der Waals surface area contributed by atoms with E-state index in [1.807, 2.05) is 4.90 Å². The Hall–Kier alpha value is -1.37. The van der Waals surface area contributed by atoms with Gasteiger partial charge in [-0.05, 0) is 26.2 Å². The number of amides is 1. The molecule has 2 N–H and O–H groups in total. The van der Waals surface area contributed by atoms with Gasteiger partial charge in [-0.2, -0.15) is 0 Å². The van der Waals surface area contributed by atoms with Crippen LogP contribution in [0.15, 0.2) is 22.3 Å². The van der Waals surface area contributed by atoms with Crippen LogP contribution in [0.2, 0.25) is 0 Å². The third kappa shape index (κ3) is 3.34. The molecule has 0 radical (unpaired) electrons. The molecular formula is C15H22ClN3O3. The smallest absolute Gasteiger partial charge is 0.275 e. The summed E-state index contributed by atoms with van der Waals surface area (Å²) in [6.07, 6.45) is 6.29. The molecule has 1 fully saturated rings. The van der Waals surface area contributed by atoms with Crippen molar-refractivity contribution in [3.63, 3.8) is 0 Å². The molecule has 0 saturated carbocycles. The second-order valence-corrected chi connectivity index (χ2v) is 5.78. The third-order valence-electron chi connectivity index (χ3n) is 4.24. The number of nitrogens with two attached hydrogens (primary N) is 1. The number of carbonyl (C=O) groups excluding carboxylic acids is 1. The largest absolute Gasteiger partial charge is 0.447 e. The van der Waals surface area contributed by atoms with Gasteiger partial charge in [0.2, 0.25) is 5.89 Å². The normalized spacial score (nSPS) is 20.5. The molecule has 3 rings (SSSR count). The van der Waals surface area contributed by atoms with Crippen LogP contribution in [0, 0.1) is 0 Å². The molecule has 2 aliphatic rings. The number of piperidine rings is 1. The summed E-state index contributed by atoms with van der Waals surface area (Å²) in [4.78, 5) is 18.3. The van der Waals surface area contributed by atoms with Gasteiger partial charge in [-0.25, -0.2) is 4.98 Å². The van der Waals surface area contributed by atoms with Gasteiger partial charge in [0.15, 0.2) is 5.69 Å². The van der Waals surface area contributed by atoms with E-state index in [2.05, 4.69) is 18.0 Å². The Balaban J connectivity index is 0.00000176. The topological polar surface area (TPSA) is 81.6 Å². The standard InChI is InChI=1S/C15H21N3O3.ClH/c1-11-2-7-21-15(8-11)3-5-18(6-4-15)14(19)12-10-20-13(9-16)17-12;/h8,10H,2-7,9,16H2,1H3;1H. The van der Waals surface area contributed by atoms with E-state index >= 15 is 0 Å². The molecule has 0 unspecified atom stereocenters. The van der Waals surface area contributed by atoms with Crippen molar-refractivity contribution in [2.24, 2.45) is 5.73 Å². The summed E-state index contributed by atoms with van der Waals surface area (Å²) in [5.41, 5.74) is 6.98. The maximum absolute atomic E-state index is 12.4. The fourth-order valence-corrected chi connectivity index (χ4v) is 3.02. The Morgan fingerprint density at radius 1 is 1.45 bits per heavy atom. The van der Waals surface area contributed by atoms with Gasteiger partial charge in [-0.1, -0.05) is 11.6 Å². The van der Waals surface area contributed by atoms with Crippen molar-refractivity contribution in [3.05, 3.63) is 29.5 Å². The van der Waals surface area contributed by atoms with Crippen molar-refractivity contribution < 1.29 is 13.9 Å². The molecule has 1 aromatic rings. The number of nitrogens with zero attached hydrogens (tertiary/aromatic N) is 2. The fourth-order valence-electron chi connectivity index (χ4n) is 3.02. The molecule has 1 saturated heterocycles. The maximum atomic E-state index is 12.4. The molecule has 122 valence electrons. The molecule has 2 aliphatic heterocycles. The number of hydrogen-bond donors (Lipinski definition) is 1. The molecule has 1 spiro atoms. The number of hydrogen-bond acceptors (Lipinski definition) is 5. The van der Waals surface area contributed by atoms with Crippen molar-refractivity contribution in [1.82, 2.24) is 9.88 Å². The molecule has 1 aromatic heterocycles. The van der Waals surface area contributed by atoms with Crippen LogP contribution in [0.5, 0.6) is 0 Å². The van der Waals surface area contributed by atoms with Crippen LogP contribution in [0.1, 0.15) is 42.6 Å². The zero-order valence-corrected chi connectivity index (χ0v) is 13.5. The van der Waals surface area contributed by atoms with E-state index in [-0.39, 0.29) is 30.5 Å². The van der Waals surface area contributed by atoms with Crippen molar-refractivity contribution in [1.29, 1.82) is 0 Å². The summed E-state index contributed by atoms with van der Waals surface area (Å²) < 4.78 is 11.1. The Labute approximate surface area is 136 Å². The molecule has 1 amide bonds. The van der Waals surface area contributed by atoms with Crippen molar-refractivity contribution in [2.45, 2.75) is 38.3 Å². The first-order valence-electron chi connectivity index (χ1n) is 7.38. The Morgan fingerprint density at radius 2 is 2.18 bits per heavy atom. The lowest BCUT2D eigenvalue weighted by molar-refractivity contribution is -0.0522. The molecule has 0 aromatic carbocycles. The van der Waals surface area contributed by atoms with Crippen LogP contribution >= 0.6 is 12.4 Å². The highest BCUT2D eigenvalue weighted by Gasteiger charge is 2.37. The predicted molar refractivity (Wildman–Crippen MR) is 83.8 cm³/mol. The predicted octanol–water partition coefficient (Wildman–Crippen LogP) is 1.90. The monoisotopic (exact) mass is 327 g/mol. The molecule has 7 heteroatoms. The minimum atomic E-state index is -0.175. The second kappa shape index (κ2) is 6.81. The third-order valence-corrected chi connectivity index (χ3v) is 4.24. The Kier molecular flexibility index (Phi) is 5.26. The summed E-state index contributed by atoms with van der Waals surface area (Å²) in [5, 5.41) is 0. The number of halogens is 1. The first-order valence-corrected chi connectivity index (χ1v) is 7.38. The van der Waals surface area contributed by atoms with Gasteiger partial charge < -0.3 is 19.8 Å². The van der Waals surface area contributed by atoms with Crippen LogP contribution in [0.3, 0.4) is 0 Å². The summed E-state index contributed by atoms with van der Waals surface area (Å²) in [5.74, 6) is 0.297. The van der Waals surface area contributed by atoms with Gasteiger partial charge in [0, 0.05) is 13.1 Å². The average Bonchev–Trinajstić information content (AvgIpc) is 2.96. The SMILES string of the molecule is CC1=CC2(CCN(C(=O)c3coc(CN)n3)CC2)OCC1.Cl. The van der Waals surface area contributed by atoms with Crippen LogP contribution < -0.4 is 5.73 Å². The van der Waals surface area contributed by atoms with E-state index in [1.54, 1.807) is 0 Å². The van der Waals surface area contributed by atoms with E-state index in [0.29, 0.717) is 24.7 Å². The van der Waals surface area contributed by atoms with Gasteiger partial charge in [0.1, 0.15) is 6.26 Å². The highest BCUT2D eigenvalue weighted by molar-refractivity contribution is 5.92. The average molecular weight is 328 g/mol. The van der Waals surface area contributed by atoms with Gasteiger partial charge in [-0.3, -0.25) is 4.79 Å². The number of likely N-dealkylation sites (tertiary alicyclic amines) is 1. The van der Waals surface area contributed by atoms with Crippen molar-refractivity contribution >= 4 is 18.3 Å². The summed E-state index contributed by atoms with van der Waals surface area (Å²) >= 11 is 0. The minimum Gasteiger partial charge on any atom is -0.447 e. The van der Waals surface area contributed by atoms with Crippen LogP contribution in [0.4, 0.5) is 0 Å². The minimum absolute atomic E-state index is 0. The van der Waals surface area contributed by atoms with E-state index in [0.717, 1.165) is 25.9 Å². The van der Waals surface area contributed by atoms with E-state index in [1.165, 1.54) is 11.8 Å². The molecule has 0 bridgehead atoms. The molecular weight excluding hydrogens is 306 g/mol. The number of aromatic nitrogens is 1. The fraction of sp³-hybridized carbons (Fsp3) is 0.600. The van der Waals surface area contributed by atoms with Crippen LogP contribution in [0.25, 0.3) is 0 Å². The number of rotatable bonds is 2. The molecule has 0 atom stereocenters. The summed E-state index contributed by atoms with van der Waals surface area (Å²) in [6.45, 7) is 4.47. The molecule has 22 heavy (non-hydrogen) atoms. The highest BCUT2D eigenvalue weighted by atomic mass is 35.5. The van der Waals surface area contributed by atoms with Gasteiger partial charge >= 0.3 is 0 Å². The van der Waals surface area contributed by atoms with Crippen molar-refractivity contribution in [3.8, 4) is 0 Å². The zero-order chi connectivity index (χ0) is 14.9. The lowest BCUT2D eigenvalue weighted by Gasteiger charge is -2.42. The van der Waals surface area contributed by atoms with Gasteiger partial charge in [0.25, 0.3) is 5.91 Å². The van der Waals surface area contributed by atoms with Gasteiger partial charge in [-0.15, -0.1) is 12.4 Å². The van der Waals surface area contributed by atoms with Crippen molar-refractivity contribution in [2.75, 3.05) is 19.7 Å². The summed E-state index contributed by atoms with van der Waals surface area (Å²) in [6, 6.07) is 0. The Morgan fingerprint density at radius 3 is 2.77 bits per heavy atom. The first-order chi connectivity index (χ1) is 10.1. The highest BCUT2D eigenvalue weighted by Crippen LogP contribution is 2.33. The lowest BCUT2D eigenvalue weighted by Crippen LogP contribution is -2.48. The zero-order valence-electron chi connectivity index (χ0n) is 12.7. The lowest BCUT2D eigenvalue weighted by atomic mass is 9.87. The van der Waals surface area contributed by atoms with E-state index < -0.39 is 0 Å². The van der Waals surface area contributed by atoms with E-state index in [9.17, 15) is 4.79 Å². The first kappa shape index (κ1) is 17.0.